The summed E-state index contributed by atoms with van der Waals surface area (Å²) in [5, 5.41) is 16.7. The Labute approximate surface area is 262 Å². The number of nitrogens with zero attached hydrogens (tertiary/aromatic N) is 5. The van der Waals surface area contributed by atoms with E-state index < -0.39 is 5.41 Å². The number of hydrogen-bond acceptors (Lipinski definition) is 10. The molecule has 0 amide bonds. The zero-order valence-electron chi connectivity index (χ0n) is 24.2. The number of carbonyl (C=O) groups excluding carboxylic acids is 1. The topological polar surface area (TPSA) is 120 Å². The molecule has 1 radical (unpaired) electrons. The Morgan fingerprint density at radius 1 is 1.24 bits per heavy atom. The number of likely N-dealkylation sites (tertiary alicyclic amines) is 1. The van der Waals surface area contributed by atoms with Crippen molar-refractivity contribution in [3.05, 3.63) is 44.5 Å². The van der Waals surface area contributed by atoms with E-state index >= 15 is 0 Å². The van der Waals surface area contributed by atoms with Crippen molar-refractivity contribution in [2.24, 2.45) is 5.73 Å². The quantitative estimate of drug-likeness (QED) is 0.282. The van der Waals surface area contributed by atoms with Gasteiger partial charge < -0.3 is 25.6 Å². The van der Waals surface area contributed by atoms with Crippen LogP contribution < -0.4 is 20.7 Å². The number of ether oxygens (including phenoxy) is 1. The van der Waals surface area contributed by atoms with Crippen LogP contribution in [0.3, 0.4) is 0 Å². The molecule has 2 aliphatic heterocycles. The molecule has 0 aromatic carbocycles. The predicted octanol–water partition coefficient (Wildman–Crippen LogP) is 3.48. The van der Waals surface area contributed by atoms with Crippen LogP contribution in [-0.2, 0) is 28.9 Å². The van der Waals surface area contributed by atoms with Crippen LogP contribution >= 0.6 is 11.3 Å². The van der Waals surface area contributed by atoms with Crippen LogP contribution in [0.4, 0.5) is 5.82 Å². The number of fused-ring (bicyclic) bond motifs is 2. The minimum absolute atomic E-state index is 0. The van der Waals surface area contributed by atoms with E-state index in [1.807, 2.05) is 6.07 Å². The molecule has 223 valence electrons. The molecule has 9 nitrogen and oxygen atoms in total. The van der Waals surface area contributed by atoms with Gasteiger partial charge in [-0.1, -0.05) is 23.8 Å². The molecule has 11 heteroatoms. The summed E-state index contributed by atoms with van der Waals surface area (Å²) in [6.07, 6.45) is 9.61. The van der Waals surface area contributed by atoms with Gasteiger partial charge in [0.15, 0.2) is 0 Å². The van der Waals surface area contributed by atoms with E-state index in [0.29, 0.717) is 41.8 Å². The number of allylic oxidation sites excluding steroid dienone is 2. The van der Waals surface area contributed by atoms with E-state index in [0.717, 1.165) is 88.9 Å². The van der Waals surface area contributed by atoms with Gasteiger partial charge in [0.05, 0.1) is 0 Å². The summed E-state index contributed by atoms with van der Waals surface area (Å²) in [6.45, 7) is 4.18. The van der Waals surface area contributed by atoms with Crippen LogP contribution in [0.15, 0.2) is 17.3 Å². The Balaban J connectivity index is 0.00000316. The first-order valence-electron chi connectivity index (χ1n) is 15.1. The van der Waals surface area contributed by atoms with Crippen molar-refractivity contribution in [1.29, 1.82) is 5.26 Å². The van der Waals surface area contributed by atoms with Gasteiger partial charge in [0.2, 0.25) is 17.5 Å². The summed E-state index contributed by atoms with van der Waals surface area (Å²) in [7, 11) is 2.13. The summed E-state index contributed by atoms with van der Waals surface area (Å²) >= 11 is 1.53. The summed E-state index contributed by atoms with van der Waals surface area (Å²) in [5.74, 6) is 1.14. The van der Waals surface area contributed by atoms with E-state index in [1.54, 1.807) is 0 Å². The number of piperazine rings is 1. The fourth-order valence-electron chi connectivity index (χ4n) is 7.57. The van der Waals surface area contributed by atoms with Crippen LogP contribution in [0.1, 0.15) is 84.4 Å². The molecule has 1 saturated carbocycles. The number of nitrogens with two attached hydrogens (primary N) is 1. The van der Waals surface area contributed by atoms with Crippen molar-refractivity contribution >= 4 is 22.9 Å². The maximum absolute atomic E-state index is 14.3. The molecule has 2 aromatic rings. The predicted molar refractivity (Wildman–Crippen MR) is 157 cm³/mol. The molecular weight excluding hydrogens is 589 g/mol. The number of nitrogens with one attached hydrogen (secondary N) is 1. The Bertz CT molecular complexity index is 1450. The van der Waals surface area contributed by atoms with E-state index in [2.05, 4.69) is 38.6 Å². The zero-order chi connectivity index (χ0) is 28.2. The number of aromatic nitrogens is 2. The summed E-state index contributed by atoms with van der Waals surface area (Å²) in [5.41, 5.74) is 9.44. The third-order valence-electron chi connectivity index (χ3n) is 10.1. The van der Waals surface area contributed by atoms with Crippen LogP contribution in [0.2, 0.25) is 0 Å². The number of likely N-dealkylation sites (N-methyl/N-ethyl adjacent to an activating group) is 1. The third kappa shape index (κ3) is 5.16. The summed E-state index contributed by atoms with van der Waals surface area (Å²) in [4.78, 5) is 29.6. The van der Waals surface area contributed by atoms with Crippen molar-refractivity contribution in [3.8, 4) is 11.9 Å². The SMILES string of the molecule is CN1CCC[C@H]1COc1cc(N2CCNC3(CC3)C2)nc(C(=O)C2=C(N)[C@@]3(CCC2)CCCc2s[c-]c(C#N)c23)n1.[Mn]. The number of hydrogen-bond donors (Lipinski definition) is 2. The van der Waals surface area contributed by atoms with Gasteiger partial charge >= 0.3 is 0 Å². The number of thiophene rings is 1. The molecule has 7 rings (SSSR count). The number of anilines is 1. The maximum Gasteiger partial charge on any atom is 0.228 e. The molecule has 2 saturated heterocycles. The Kier molecular flexibility index (Phi) is 8.14. The van der Waals surface area contributed by atoms with E-state index in [-0.39, 0.29) is 34.2 Å². The van der Waals surface area contributed by atoms with Gasteiger partial charge in [-0.3, -0.25) is 21.4 Å². The molecule has 2 aromatic heterocycles. The maximum atomic E-state index is 14.3. The first kappa shape index (κ1) is 29.6. The standard InChI is InChI=1S/C31H38N7O2S.Mn/c1-37-13-4-5-21(37)17-40-25-15-24(38-14-12-34-30(19-38)10-11-30)35-29(36-25)27(39)22-6-2-8-31(28(22)33)9-3-7-23-26(31)20(16-32)18-41-23;/h15,21,34H,2-14,17,19,33H2,1H3;/q-1;/t21-,31-;/m0./s1. The molecule has 3 aliphatic carbocycles. The van der Waals surface area contributed by atoms with Crippen molar-refractivity contribution in [3.63, 3.8) is 0 Å². The number of ketones is 1. The monoisotopic (exact) mass is 627 g/mol. The van der Waals surface area contributed by atoms with E-state index in [1.165, 1.54) is 22.6 Å². The first-order valence-corrected chi connectivity index (χ1v) is 15.9. The Hall–Kier alpha value is -2.48. The number of carbonyl (C=O) groups is 1. The molecular formula is C31H38MnN7O2S-. The van der Waals surface area contributed by atoms with Crippen molar-refractivity contribution < 1.29 is 26.6 Å². The Morgan fingerprint density at radius 2 is 2.05 bits per heavy atom. The van der Waals surface area contributed by atoms with Gasteiger partial charge in [-0.25, -0.2) is 4.98 Å². The fourth-order valence-corrected chi connectivity index (χ4v) is 8.58. The molecule has 42 heavy (non-hydrogen) atoms. The molecule has 4 heterocycles. The molecule has 0 unspecified atom stereocenters. The van der Waals surface area contributed by atoms with Gasteiger partial charge in [0.1, 0.15) is 12.4 Å². The molecule has 2 atom stereocenters. The summed E-state index contributed by atoms with van der Waals surface area (Å²) < 4.78 is 6.27. The largest absolute Gasteiger partial charge is 0.476 e. The Morgan fingerprint density at radius 3 is 2.79 bits per heavy atom. The molecule has 3 N–H and O–H groups in total. The second-order valence-electron chi connectivity index (χ2n) is 12.6. The fraction of sp³-hybridized carbons (Fsp3) is 0.613. The van der Waals surface area contributed by atoms with E-state index in [4.69, 9.17) is 15.5 Å². The average Bonchev–Trinajstić information content (AvgIpc) is 3.37. The second-order valence-corrected chi connectivity index (χ2v) is 13.5. The first-order chi connectivity index (χ1) is 19.9. The van der Waals surface area contributed by atoms with Crippen LogP contribution in [0.5, 0.6) is 5.88 Å². The third-order valence-corrected chi connectivity index (χ3v) is 11.0. The number of nitriles is 1. The molecule has 3 fully saturated rings. The molecule has 0 bridgehead atoms. The van der Waals surface area contributed by atoms with Gasteiger partial charge in [-0.05, 0) is 76.4 Å². The minimum Gasteiger partial charge on any atom is -0.476 e. The van der Waals surface area contributed by atoms with Crippen LogP contribution in [0, 0.1) is 16.7 Å². The van der Waals surface area contributed by atoms with Gasteiger partial charge in [-0.15, -0.1) is 10.4 Å². The van der Waals surface area contributed by atoms with Crippen LogP contribution in [-0.4, -0.2) is 72.1 Å². The number of Topliss-reactive ketones (excluding diaryl/α,β-unsaturated/α-hetero) is 1. The number of rotatable bonds is 6. The summed E-state index contributed by atoms with van der Waals surface area (Å²) in [6, 6.07) is 4.59. The minimum atomic E-state index is -0.487. The smallest absolute Gasteiger partial charge is 0.228 e. The average molecular weight is 628 g/mol. The zero-order valence-corrected chi connectivity index (χ0v) is 26.2. The van der Waals surface area contributed by atoms with Gasteiger partial charge in [0, 0.05) is 65.6 Å². The molecule has 5 aliphatic rings. The van der Waals surface area contributed by atoms with Crippen molar-refractivity contribution in [2.75, 3.05) is 44.7 Å². The van der Waals surface area contributed by atoms with Crippen molar-refractivity contribution in [2.45, 2.75) is 81.2 Å². The van der Waals surface area contributed by atoms with Gasteiger partial charge in [-0.2, -0.15) is 4.98 Å². The normalized spacial score (nSPS) is 26.6. The van der Waals surface area contributed by atoms with E-state index in [9.17, 15) is 10.1 Å². The van der Waals surface area contributed by atoms with Crippen molar-refractivity contribution in [1.82, 2.24) is 20.2 Å². The van der Waals surface area contributed by atoms with Gasteiger partial charge in [0.25, 0.3) is 0 Å². The number of aryl methyl sites for hydroxylation is 1. The second kappa shape index (κ2) is 11.5. The van der Waals surface area contributed by atoms with Crippen LogP contribution in [0.25, 0.3) is 0 Å². The molecule has 2 spiro atoms.